The fraction of sp³-hybridized carbons (Fsp3) is 0.385. The Bertz CT molecular complexity index is 629. The van der Waals surface area contributed by atoms with Crippen LogP contribution >= 0.6 is 23.2 Å². The van der Waals surface area contributed by atoms with Crippen molar-refractivity contribution in [3.05, 3.63) is 39.9 Å². The number of hydrazine groups is 1. The number of nitrogens with one attached hydrogen (secondary N) is 1. The summed E-state index contributed by atoms with van der Waals surface area (Å²) in [6.07, 6.45) is 3.17. The molecule has 2 rings (SSSR count). The number of halogens is 2. The van der Waals surface area contributed by atoms with Crippen LogP contribution in [0.2, 0.25) is 10.0 Å². The van der Waals surface area contributed by atoms with Gasteiger partial charge in [-0.05, 0) is 19.9 Å². The van der Waals surface area contributed by atoms with Crippen LogP contribution in [0.25, 0.3) is 0 Å². The van der Waals surface area contributed by atoms with E-state index in [1.165, 1.54) is 6.20 Å². The summed E-state index contributed by atoms with van der Waals surface area (Å²) in [5.41, 5.74) is 4.04. The first-order valence-electron chi connectivity index (χ1n) is 6.38. The van der Waals surface area contributed by atoms with Gasteiger partial charge in [0.15, 0.2) is 5.75 Å². The van der Waals surface area contributed by atoms with Crippen molar-refractivity contribution in [2.45, 2.75) is 25.9 Å². The average molecular weight is 330 g/mol. The van der Waals surface area contributed by atoms with Crippen LogP contribution in [0.3, 0.4) is 0 Å². The second-order valence-electron chi connectivity index (χ2n) is 4.76. The van der Waals surface area contributed by atoms with Gasteiger partial charge in [-0.2, -0.15) is 5.10 Å². The van der Waals surface area contributed by atoms with Gasteiger partial charge in [-0.25, -0.2) is 5.43 Å². The van der Waals surface area contributed by atoms with Gasteiger partial charge in [0.05, 0.1) is 29.0 Å². The molecule has 0 aliphatic heterocycles. The highest BCUT2D eigenvalue weighted by atomic mass is 35.5. The van der Waals surface area contributed by atoms with Gasteiger partial charge in [0.1, 0.15) is 11.7 Å². The van der Waals surface area contributed by atoms with Crippen molar-refractivity contribution >= 4 is 23.2 Å². The van der Waals surface area contributed by atoms with Crippen molar-refractivity contribution in [1.82, 2.24) is 20.2 Å². The molecule has 2 aromatic heterocycles. The molecule has 0 bridgehead atoms. The predicted octanol–water partition coefficient (Wildman–Crippen LogP) is 2.73. The number of aromatic nitrogens is 3. The SMILES string of the molecule is COc1cnn(C(C)C)c1C(NN)c1ncc(Cl)cc1Cl. The molecule has 2 aromatic rings. The molecule has 21 heavy (non-hydrogen) atoms. The lowest BCUT2D eigenvalue weighted by Crippen LogP contribution is -2.32. The maximum absolute atomic E-state index is 6.23. The first-order valence-corrected chi connectivity index (χ1v) is 7.13. The first kappa shape index (κ1) is 16.0. The fourth-order valence-corrected chi connectivity index (χ4v) is 2.61. The Morgan fingerprint density at radius 1 is 1.33 bits per heavy atom. The number of rotatable bonds is 5. The molecular formula is C13H17Cl2N5O. The van der Waals surface area contributed by atoms with E-state index in [0.717, 1.165) is 5.69 Å². The first-order chi connectivity index (χ1) is 9.99. The minimum absolute atomic E-state index is 0.130. The normalized spacial score (nSPS) is 12.7. The van der Waals surface area contributed by atoms with Crippen LogP contribution in [-0.4, -0.2) is 21.9 Å². The highest BCUT2D eigenvalue weighted by molar-refractivity contribution is 6.34. The molecule has 8 heteroatoms. The van der Waals surface area contributed by atoms with Crippen molar-refractivity contribution in [1.29, 1.82) is 0 Å². The lowest BCUT2D eigenvalue weighted by Gasteiger charge is -2.21. The summed E-state index contributed by atoms with van der Waals surface area (Å²) < 4.78 is 7.18. The zero-order valence-electron chi connectivity index (χ0n) is 12.0. The summed E-state index contributed by atoms with van der Waals surface area (Å²) >= 11 is 12.1. The molecule has 0 aliphatic rings. The molecule has 0 saturated carbocycles. The lowest BCUT2D eigenvalue weighted by atomic mass is 10.1. The van der Waals surface area contributed by atoms with E-state index in [9.17, 15) is 0 Å². The fourth-order valence-electron chi connectivity index (χ4n) is 2.12. The van der Waals surface area contributed by atoms with Gasteiger partial charge < -0.3 is 4.74 Å². The second kappa shape index (κ2) is 6.62. The summed E-state index contributed by atoms with van der Waals surface area (Å²) in [6, 6.07) is 1.29. The third-order valence-electron chi connectivity index (χ3n) is 3.06. The van der Waals surface area contributed by atoms with E-state index in [2.05, 4.69) is 15.5 Å². The summed E-state index contributed by atoms with van der Waals surface area (Å²) in [5.74, 6) is 6.33. The van der Waals surface area contributed by atoms with E-state index in [-0.39, 0.29) is 6.04 Å². The van der Waals surface area contributed by atoms with Crippen LogP contribution in [0.5, 0.6) is 5.75 Å². The molecule has 0 fully saturated rings. The summed E-state index contributed by atoms with van der Waals surface area (Å²) in [7, 11) is 1.58. The van der Waals surface area contributed by atoms with Crippen molar-refractivity contribution in [2.75, 3.05) is 7.11 Å². The molecule has 2 heterocycles. The topological polar surface area (TPSA) is 78.0 Å². The molecular weight excluding hydrogens is 313 g/mol. The molecule has 0 radical (unpaired) electrons. The molecule has 6 nitrogen and oxygen atoms in total. The minimum Gasteiger partial charge on any atom is -0.493 e. The van der Waals surface area contributed by atoms with E-state index in [4.69, 9.17) is 33.8 Å². The Morgan fingerprint density at radius 3 is 2.57 bits per heavy atom. The van der Waals surface area contributed by atoms with Gasteiger partial charge in [0.2, 0.25) is 0 Å². The maximum Gasteiger partial charge on any atom is 0.162 e. The number of methoxy groups -OCH3 is 1. The highest BCUT2D eigenvalue weighted by Gasteiger charge is 2.26. The Kier molecular flexibility index (Phi) is 5.05. The van der Waals surface area contributed by atoms with Crippen LogP contribution < -0.4 is 16.0 Å². The standard InChI is InChI=1S/C13H17Cl2N5O/c1-7(2)20-13(10(21-3)6-18-20)12(19-16)11-9(15)4-8(14)5-17-11/h4-7,12,19H,16H2,1-3H3. The van der Waals surface area contributed by atoms with Gasteiger partial charge in [0, 0.05) is 12.2 Å². The average Bonchev–Trinajstić information content (AvgIpc) is 2.86. The highest BCUT2D eigenvalue weighted by Crippen LogP contribution is 2.34. The number of nitrogens with two attached hydrogens (primary N) is 1. The third kappa shape index (κ3) is 3.13. The van der Waals surface area contributed by atoms with Crippen molar-refractivity contribution in [3.63, 3.8) is 0 Å². The van der Waals surface area contributed by atoms with Crippen molar-refractivity contribution in [2.24, 2.45) is 5.84 Å². The van der Waals surface area contributed by atoms with Crippen molar-refractivity contribution < 1.29 is 4.74 Å². The zero-order valence-corrected chi connectivity index (χ0v) is 13.5. The third-order valence-corrected chi connectivity index (χ3v) is 3.57. The van der Waals surface area contributed by atoms with Gasteiger partial charge in [-0.1, -0.05) is 23.2 Å². The van der Waals surface area contributed by atoms with E-state index in [1.54, 1.807) is 19.4 Å². The minimum atomic E-state index is -0.463. The molecule has 1 unspecified atom stereocenters. The molecule has 0 spiro atoms. The van der Waals surface area contributed by atoms with E-state index >= 15 is 0 Å². The van der Waals surface area contributed by atoms with Gasteiger partial charge in [0.25, 0.3) is 0 Å². The number of pyridine rings is 1. The number of ether oxygens (including phenoxy) is 1. The number of hydrogen-bond acceptors (Lipinski definition) is 5. The van der Waals surface area contributed by atoms with E-state index < -0.39 is 6.04 Å². The largest absolute Gasteiger partial charge is 0.493 e. The molecule has 114 valence electrons. The van der Waals surface area contributed by atoms with Crippen LogP contribution in [0, 0.1) is 0 Å². The Labute approximate surface area is 133 Å². The molecule has 0 aromatic carbocycles. The van der Waals surface area contributed by atoms with Crippen molar-refractivity contribution in [3.8, 4) is 5.75 Å². The predicted molar refractivity (Wildman–Crippen MR) is 82.6 cm³/mol. The van der Waals surface area contributed by atoms with Crippen LogP contribution in [-0.2, 0) is 0 Å². The van der Waals surface area contributed by atoms with Gasteiger partial charge in [-0.15, -0.1) is 0 Å². The molecule has 1 atom stereocenters. The summed E-state index contributed by atoms with van der Waals surface area (Å²) in [4.78, 5) is 4.28. The quantitative estimate of drug-likeness (QED) is 0.651. The van der Waals surface area contributed by atoms with Crippen LogP contribution in [0.15, 0.2) is 18.5 Å². The smallest absolute Gasteiger partial charge is 0.162 e. The van der Waals surface area contributed by atoms with E-state index in [1.807, 2.05) is 18.5 Å². The Morgan fingerprint density at radius 2 is 2.05 bits per heavy atom. The molecule has 0 aliphatic carbocycles. The Balaban J connectivity index is 2.58. The zero-order chi connectivity index (χ0) is 15.6. The van der Waals surface area contributed by atoms with Gasteiger partial charge in [-0.3, -0.25) is 15.5 Å². The molecule has 3 N–H and O–H groups in total. The van der Waals surface area contributed by atoms with E-state index in [0.29, 0.717) is 21.5 Å². The van der Waals surface area contributed by atoms with Crippen LogP contribution in [0.1, 0.15) is 37.3 Å². The number of nitrogens with zero attached hydrogens (tertiary/aromatic N) is 3. The molecule has 0 amide bonds. The van der Waals surface area contributed by atoms with Gasteiger partial charge >= 0.3 is 0 Å². The Hall–Kier alpha value is -1.34. The maximum atomic E-state index is 6.23. The lowest BCUT2D eigenvalue weighted by molar-refractivity contribution is 0.393. The second-order valence-corrected chi connectivity index (χ2v) is 5.60. The summed E-state index contributed by atoms with van der Waals surface area (Å²) in [5, 5.41) is 5.21. The van der Waals surface area contributed by atoms with Crippen LogP contribution in [0.4, 0.5) is 0 Å². The molecule has 0 saturated heterocycles. The summed E-state index contributed by atoms with van der Waals surface area (Å²) in [6.45, 7) is 4.03. The number of hydrogen-bond donors (Lipinski definition) is 2. The monoisotopic (exact) mass is 329 g/mol.